The van der Waals surface area contributed by atoms with Gasteiger partial charge in [0.25, 0.3) is 0 Å². The molecule has 1 aliphatic heterocycles. The van der Waals surface area contributed by atoms with Crippen molar-refractivity contribution in [3.63, 3.8) is 0 Å². The molecule has 1 aromatic carbocycles. The van der Waals surface area contributed by atoms with Crippen LogP contribution in [0.4, 0.5) is 4.79 Å². The maximum absolute atomic E-state index is 12.1. The predicted octanol–water partition coefficient (Wildman–Crippen LogP) is 0.935. The number of rotatable bonds is 4. The largest absolute Gasteiger partial charge is 0.347 e. The molecule has 5 heteroatoms. The van der Waals surface area contributed by atoms with Gasteiger partial charge in [-0.05, 0) is 24.3 Å². The zero-order chi connectivity index (χ0) is 13.2. The Morgan fingerprint density at radius 3 is 2.58 bits per heavy atom. The summed E-state index contributed by atoms with van der Waals surface area (Å²) >= 11 is 0. The summed E-state index contributed by atoms with van der Waals surface area (Å²) in [6.07, 6.45) is 2.30. The molecule has 3 amide bonds. The lowest BCUT2D eigenvalue weighted by Crippen LogP contribution is -2.44. The summed E-state index contributed by atoms with van der Waals surface area (Å²) in [6, 6.07) is 9.33. The van der Waals surface area contributed by atoms with Crippen LogP contribution in [0.2, 0.25) is 0 Å². The average Bonchev–Trinajstić information content (AvgIpc) is 3.18. The van der Waals surface area contributed by atoms with E-state index in [1.54, 1.807) is 0 Å². The quantitative estimate of drug-likeness (QED) is 0.753. The molecule has 0 spiro atoms. The van der Waals surface area contributed by atoms with Crippen LogP contribution in [0.25, 0.3) is 0 Å². The molecule has 1 heterocycles. The molecule has 0 radical (unpaired) electrons. The van der Waals surface area contributed by atoms with E-state index in [4.69, 9.17) is 0 Å². The van der Waals surface area contributed by atoms with Crippen LogP contribution < -0.4 is 16.0 Å². The summed E-state index contributed by atoms with van der Waals surface area (Å²) in [7, 11) is 0. The average molecular weight is 259 g/mol. The van der Waals surface area contributed by atoms with Crippen molar-refractivity contribution < 1.29 is 9.59 Å². The van der Waals surface area contributed by atoms with Crippen molar-refractivity contribution in [3.8, 4) is 0 Å². The van der Waals surface area contributed by atoms with Crippen LogP contribution in [0.15, 0.2) is 30.3 Å². The van der Waals surface area contributed by atoms with Crippen molar-refractivity contribution in [1.82, 2.24) is 16.0 Å². The molecular weight excluding hydrogens is 242 g/mol. The van der Waals surface area contributed by atoms with Gasteiger partial charge >= 0.3 is 6.03 Å². The van der Waals surface area contributed by atoms with E-state index in [-0.39, 0.29) is 18.0 Å². The molecule has 2 unspecified atom stereocenters. The molecule has 100 valence electrons. The molecule has 1 saturated heterocycles. The van der Waals surface area contributed by atoms with Gasteiger partial charge in [-0.3, -0.25) is 4.79 Å². The number of carbonyl (C=O) groups is 2. The Hall–Kier alpha value is -2.04. The fourth-order valence-electron chi connectivity index (χ4n) is 2.43. The summed E-state index contributed by atoms with van der Waals surface area (Å²) in [5.74, 6) is 0.413. The minimum absolute atomic E-state index is 0.0613. The number of amides is 3. The van der Waals surface area contributed by atoms with Crippen LogP contribution in [-0.4, -0.2) is 24.5 Å². The van der Waals surface area contributed by atoms with E-state index in [9.17, 15) is 9.59 Å². The first-order chi connectivity index (χ1) is 9.24. The molecule has 2 aliphatic rings. The predicted molar refractivity (Wildman–Crippen MR) is 70.4 cm³/mol. The van der Waals surface area contributed by atoms with Crippen LogP contribution in [-0.2, 0) is 4.79 Å². The van der Waals surface area contributed by atoms with Crippen molar-refractivity contribution in [2.24, 2.45) is 5.92 Å². The van der Waals surface area contributed by atoms with Crippen LogP contribution in [0, 0.1) is 5.92 Å². The van der Waals surface area contributed by atoms with Gasteiger partial charge in [0.1, 0.15) is 6.04 Å². The zero-order valence-corrected chi connectivity index (χ0v) is 10.6. The number of urea groups is 1. The highest BCUT2D eigenvalue weighted by Crippen LogP contribution is 2.40. The summed E-state index contributed by atoms with van der Waals surface area (Å²) in [6.45, 7) is 0.358. The van der Waals surface area contributed by atoms with Crippen molar-refractivity contribution >= 4 is 11.9 Å². The van der Waals surface area contributed by atoms with Crippen LogP contribution in [0.1, 0.15) is 24.4 Å². The molecule has 0 aromatic heterocycles. The molecule has 2 atom stereocenters. The maximum Gasteiger partial charge on any atom is 0.315 e. The van der Waals surface area contributed by atoms with E-state index in [2.05, 4.69) is 16.0 Å². The molecule has 1 aromatic rings. The van der Waals surface area contributed by atoms with E-state index >= 15 is 0 Å². The van der Waals surface area contributed by atoms with Gasteiger partial charge in [0.05, 0.1) is 6.04 Å². The van der Waals surface area contributed by atoms with Crippen LogP contribution >= 0.6 is 0 Å². The molecule has 3 rings (SSSR count). The summed E-state index contributed by atoms with van der Waals surface area (Å²) in [5.41, 5.74) is 1.13. The summed E-state index contributed by atoms with van der Waals surface area (Å²) in [4.78, 5) is 23.2. The summed E-state index contributed by atoms with van der Waals surface area (Å²) in [5, 5.41) is 8.27. The van der Waals surface area contributed by atoms with Crippen molar-refractivity contribution in [1.29, 1.82) is 0 Å². The second-order valence-corrected chi connectivity index (χ2v) is 5.14. The number of benzene rings is 1. The molecule has 2 fully saturated rings. The van der Waals surface area contributed by atoms with Gasteiger partial charge in [-0.2, -0.15) is 0 Å². The Morgan fingerprint density at radius 2 is 2.00 bits per heavy atom. The van der Waals surface area contributed by atoms with Gasteiger partial charge in [-0.15, -0.1) is 0 Å². The third-order valence-electron chi connectivity index (χ3n) is 3.64. The zero-order valence-electron chi connectivity index (χ0n) is 10.6. The lowest BCUT2D eigenvalue weighted by molar-refractivity contribution is -0.123. The second-order valence-electron chi connectivity index (χ2n) is 5.14. The van der Waals surface area contributed by atoms with E-state index in [0.717, 1.165) is 18.4 Å². The highest BCUT2D eigenvalue weighted by molar-refractivity contribution is 5.90. The third-order valence-corrected chi connectivity index (χ3v) is 3.64. The van der Waals surface area contributed by atoms with Gasteiger partial charge in [-0.1, -0.05) is 30.3 Å². The molecule has 5 nitrogen and oxygen atoms in total. The van der Waals surface area contributed by atoms with Crippen molar-refractivity contribution in [2.75, 3.05) is 6.54 Å². The fraction of sp³-hybridized carbons (Fsp3) is 0.429. The topological polar surface area (TPSA) is 70.2 Å². The van der Waals surface area contributed by atoms with E-state index in [1.807, 2.05) is 30.3 Å². The van der Waals surface area contributed by atoms with Crippen LogP contribution in [0.5, 0.6) is 0 Å². The van der Waals surface area contributed by atoms with E-state index in [1.165, 1.54) is 0 Å². The Balaban J connectivity index is 1.68. The van der Waals surface area contributed by atoms with Gasteiger partial charge in [0, 0.05) is 6.54 Å². The lowest BCUT2D eigenvalue weighted by atomic mass is 10.0. The Morgan fingerprint density at radius 1 is 1.26 bits per heavy atom. The van der Waals surface area contributed by atoms with Gasteiger partial charge in [-0.25, -0.2) is 4.79 Å². The first-order valence-electron chi connectivity index (χ1n) is 6.64. The first-order valence-corrected chi connectivity index (χ1v) is 6.64. The maximum atomic E-state index is 12.1. The highest BCUT2D eigenvalue weighted by Gasteiger charge is 2.35. The molecule has 0 bridgehead atoms. The standard InChI is InChI=1S/C14H17N3O2/c18-13(11-8-15-14(19)16-11)17-12(10-6-7-10)9-4-2-1-3-5-9/h1-5,10-12H,6-8H2,(H,17,18)(H2,15,16,19). The number of hydrogen-bond donors (Lipinski definition) is 3. The molecule has 1 saturated carbocycles. The normalized spacial score (nSPS) is 23.4. The smallest absolute Gasteiger partial charge is 0.315 e. The SMILES string of the molecule is O=C1NCC(C(=O)NC(c2ccccc2)C2CC2)N1. The third kappa shape index (κ3) is 2.70. The number of carbonyl (C=O) groups excluding carboxylic acids is 2. The van der Waals surface area contributed by atoms with Gasteiger partial charge in [0.2, 0.25) is 5.91 Å². The molecule has 1 aliphatic carbocycles. The molecule has 19 heavy (non-hydrogen) atoms. The second kappa shape index (κ2) is 4.91. The van der Waals surface area contributed by atoms with Gasteiger partial charge in [0.15, 0.2) is 0 Å². The Kier molecular flexibility index (Phi) is 3.11. The van der Waals surface area contributed by atoms with E-state index in [0.29, 0.717) is 12.5 Å². The van der Waals surface area contributed by atoms with E-state index < -0.39 is 6.04 Å². The molecular formula is C14H17N3O2. The Labute approximate surface area is 111 Å². The fourth-order valence-corrected chi connectivity index (χ4v) is 2.43. The minimum Gasteiger partial charge on any atom is -0.347 e. The summed E-state index contributed by atoms with van der Waals surface area (Å²) < 4.78 is 0. The highest BCUT2D eigenvalue weighted by atomic mass is 16.2. The molecule has 3 N–H and O–H groups in total. The van der Waals surface area contributed by atoms with Crippen molar-refractivity contribution in [3.05, 3.63) is 35.9 Å². The number of nitrogens with one attached hydrogen (secondary N) is 3. The van der Waals surface area contributed by atoms with Crippen LogP contribution in [0.3, 0.4) is 0 Å². The van der Waals surface area contributed by atoms with Gasteiger partial charge < -0.3 is 16.0 Å². The Bertz CT molecular complexity index is 485. The number of hydrogen-bond acceptors (Lipinski definition) is 2. The monoisotopic (exact) mass is 259 g/mol. The minimum atomic E-state index is -0.461. The van der Waals surface area contributed by atoms with Crippen molar-refractivity contribution in [2.45, 2.75) is 24.9 Å². The first kappa shape index (κ1) is 12.0. The lowest BCUT2D eigenvalue weighted by Gasteiger charge is -2.20.